The van der Waals surface area contributed by atoms with Gasteiger partial charge in [0.2, 0.25) is 17.7 Å². The van der Waals surface area contributed by atoms with Gasteiger partial charge in [0.1, 0.15) is 6.04 Å². The summed E-state index contributed by atoms with van der Waals surface area (Å²) in [5, 5.41) is 2.33. The molecule has 1 N–H and O–H groups in total. The first-order chi connectivity index (χ1) is 9.84. The second kappa shape index (κ2) is 4.41. The monoisotopic (exact) mass is 286 g/mol. The molecule has 0 radical (unpaired) electrons. The molecule has 0 spiro atoms. The van der Waals surface area contributed by atoms with Crippen molar-refractivity contribution in [1.82, 2.24) is 5.32 Å². The average molecular weight is 286 g/mol. The maximum absolute atomic E-state index is 12.8. The number of hydrogen-bond donors (Lipinski definition) is 1. The Morgan fingerprint density at radius 3 is 2.62 bits per heavy atom. The molecule has 1 fully saturated rings. The van der Waals surface area contributed by atoms with Gasteiger partial charge in [-0.05, 0) is 38.3 Å². The van der Waals surface area contributed by atoms with E-state index in [0.29, 0.717) is 6.42 Å². The number of hydrogen-bond acceptors (Lipinski definition) is 3. The van der Waals surface area contributed by atoms with Crippen LogP contribution in [0.5, 0.6) is 0 Å². The zero-order chi connectivity index (χ0) is 15.4. The van der Waals surface area contributed by atoms with Crippen LogP contribution in [0.1, 0.15) is 37.8 Å². The molecule has 1 aromatic carbocycles. The van der Waals surface area contributed by atoms with Crippen molar-refractivity contribution in [2.45, 2.75) is 45.1 Å². The number of rotatable bonds is 1. The summed E-state index contributed by atoms with van der Waals surface area (Å²) in [6.07, 6.45) is 0.641. The first kappa shape index (κ1) is 13.8. The Morgan fingerprint density at radius 1 is 1.24 bits per heavy atom. The maximum atomic E-state index is 12.8. The first-order valence-electron chi connectivity index (χ1n) is 7.11. The van der Waals surface area contributed by atoms with Gasteiger partial charge in [-0.25, -0.2) is 0 Å². The number of benzene rings is 1. The second-order valence-corrected chi connectivity index (χ2v) is 6.24. The minimum absolute atomic E-state index is 0.0821. The minimum atomic E-state index is -0.650. The van der Waals surface area contributed by atoms with E-state index in [1.54, 1.807) is 4.90 Å². The number of anilines is 1. The van der Waals surface area contributed by atoms with Gasteiger partial charge in [-0.15, -0.1) is 0 Å². The van der Waals surface area contributed by atoms with E-state index in [9.17, 15) is 14.4 Å². The number of aryl methyl sites for hydroxylation is 1. The molecule has 0 aliphatic carbocycles. The highest BCUT2D eigenvalue weighted by atomic mass is 16.2. The van der Waals surface area contributed by atoms with Gasteiger partial charge in [-0.2, -0.15) is 0 Å². The summed E-state index contributed by atoms with van der Waals surface area (Å²) in [6.45, 7) is 5.69. The van der Waals surface area contributed by atoms with Crippen molar-refractivity contribution in [3.8, 4) is 0 Å². The van der Waals surface area contributed by atoms with Gasteiger partial charge < -0.3 is 0 Å². The Bertz CT molecular complexity index is 663. The molecule has 5 heteroatoms. The van der Waals surface area contributed by atoms with E-state index < -0.39 is 11.5 Å². The number of imide groups is 1. The topological polar surface area (TPSA) is 66.5 Å². The summed E-state index contributed by atoms with van der Waals surface area (Å²) in [5.41, 5.74) is 2.08. The molecule has 3 rings (SSSR count). The Kier molecular flexibility index (Phi) is 2.90. The summed E-state index contributed by atoms with van der Waals surface area (Å²) in [6, 6.07) is 5.20. The molecule has 2 aliphatic rings. The van der Waals surface area contributed by atoms with Crippen LogP contribution >= 0.6 is 0 Å². The van der Waals surface area contributed by atoms with Crippen LogP contribution in [0.3, 0.4) is 0 Å². The lowest BCUT2D eigenvalue weighted by atomic mass is 9.85. The molecule has 0 aromatic heterocycles. The Hall–Kier alpha value is -2.17. The van der Waals surface area contributed by atoms with Crippen LogP contribution < -0.4 is 10.2 Å². The summed E-state index contributed by atoms with van der Waals surface area (Å²) in [5.74, 6) is -0.736. The van der Waals surface area contributed by atoms with E-state index in [1.807, 2.05) is 39.0 Å². The Balaban J connectivity index is 2.11. The average Bonchev–Trinajstić information content (AvgIpc) is 2.61. The van der Waals surface area contributed by atoms with Gasteiger partial charge in [0, 0.05) is 6.42 Å². The molecule has 2 aliphatic heterocycles. The van der Waals surface area contributed by atoms with E-state index in [-0.39, 0.29) is 24.1 Å². The number of amides is 3. The van der Waals surface area contributed by atoms with Gasteiger partial charge in [-0.1, -0.05) is 18.2 Å². The van der Waals surface area contributed by atoms with E-state index in [4.69, 9.17) is 0 Å². The smallest absolute Gasteiger partial charge is 0.249 e. The molecule has 1 unspecified atom stereocenters. The third kappa shape index (κ3) is 1.87. The van der Waals surface area contributed by atoms with Crippen molar-refractivity contribution in [3.63, 3.8) is 0 Å². The molecule has 0 bridgehead atoms. The highest BCUT2D eigenvalue weighted by Crippen LogP contribution is 2.45. The Labute approximate surface area is 123 Å². The van der Waals surface area contributed by atoms with Gasteiger partial charge in [0.25, 0.3) is 0 Å². The fraction of sp³-hybridized carbons (Fsp3) is 0.438. The molecular formula is C16H18N2O3. The van der Waals surface area contributed by atoms with Crippen LogP contribution in [0, 0.1) is 6.92 Å². The Morgan fingerprint density at radius 2 is 1.95 bits per heavy atom. The quantitative estimate of drug-likeness (QED) is 0.794. The molecule has 21 heavy (non-hydrogen) atoms. The SMILES string of the molecule is Cc1cccc2c1N(C1CCC(=O)NC1=O)C(=O)C2(C)C. The standard InChI is InChI=1S/C16H18N2O3/c1-9-5-4-6-10-13(9)18(15(21)16(10,2)3)11-7-8-12(19)17-14(11)20/h4-6,11H,7-8H2,1-3H3,(H,17,19,20). The maximum Gasteiger partial charge on any atom is 0.249 e. The molecule has 2 heterocycles. The molecule has 1 saturated heterocycles. The van der Waals surface area contributed by atoms with Crippen molar-refractivity contribution in [2.75, 3.05) is 4.90 Å². The number of carbonyl (C=O) groups excluding carboxylic acids is 3. The van der Waals surface area contributed by atoms with E-state index in [1.165, 1.54) is 0 Å². The van der Waals surface area contributed by atoms with Crippen LogP contribution in [-0.2, 0) is 19.8 Å². The third-order valence-corrected chi connectivity index (χ3v) is 4.43. The highest BCUT2D eigenvalue weighted by Gasteiger charge is 2.49. The molecule has 110 valence electrons. The lowest BCUT2D eigenvalue weighted by molar-refractivity contribution is -0.136. The van der Waals surface area contributed by atoms with Gasteiger partial charge in [0.05, 0.1) is 11.1 Å². The van der Waals surface area contributed by atoms with Crippen LogP contribution in [0.25, 0.3) is 0 Å². The van der Waals surface area contributed by atoms with Gasteiger partial charge in [0.15, 0.2) is 0 Å². The molecule has 0 saturated carbocycles. The van der Waals surface area contributed by atoms with Gasteiger partial charge >= 0.3 is 0 Å². The number of nitrogens with zero attached hydrogens (tertiary/aromatic N) is 1. The van der Waals surface area contributed by atoms with Crippen LogP contribution in [-0.4, -0.2) is 23.8 Å². The number of carbonyl (C=O) groups is 3. The van der Waals surface area contributed by atoms with Crippen molar-refractivity contribution in [3.05, 3.63) is 29.3 Å². The van der Waals surface area contributed by atoms with E-state index in [0.717, 1.165) is 16.8 Å². The molecular weight excluding hydrogens is 268 g/mol. The number of nitrogens with one attached hydrogen (secondary N) is 1. The third-order valence-electron chi connectivity index (χ3n) is 4.43. The minimum Gasteiger partial charge on any atom is -0.299 e. The molecule has 1 aromatic rings. The first-order valence-corrected chi connectivity index (χ1v) is 7.11. The zero-order valence-corrected chi connectivity index (χ0v) is 12.4. The summed E-state index contributed by atoms with van der Waals surface area (Å²) < 4.78 is 0. The van der Waals surface area contributed by atoms with Crippen molar-refractivity contribution in [1.29, 1.82) is 0 Å². The predicted molar refractivity (Wildman–Crippen MR) is 77.9 cm³/mol. The molecule has 3 amide bonds. The second-order valence-electron chi connectivity index (χ2n) is 6.24. The van der Waals surface area contributed by atoms with Crippen LogP contribution in [0.4, 0.5) is 5.69 Å². The highest BCUT2D eigenvalue weighted by molar-refractivity contribution is 6.14. The predicted octanol–water partition coefficient (Wildman–Crippen LogP) is 1.42. The lowest BCUT2D eigenvalue weighted by Crippen LogP contribution is -2.55. The number of para-hydroxylation sites is 1. The van der Waals surface area contributed by atoms with Gasteiger partial charge in [-0.3, -0.25) is 24.6 Å². The largest absolute Gasteiger partial charge is 0.299 e. The van der Waals surface area contributed by atoms with Crippen LogP contribution in [0.15, 0.2) is 18.2 Å². The fourth-order valence-electron chi connectivity index (χ4n) is 3.23. The van der Waals surface area contributed by atoms with Crippen LogP contribution in [0.2, 0.25) is 0 Å². The van der Waals surface area contributed by atoms with Crippen molar-refractivity contribution in [2.24, 2.45) is 0 Å². The lowest BCUT2D eigenvalue weighted by Gasteiger charge is -2.31. The zero-order valence-electron chi connectivity index (χ0n) is 12.4. The van der Waals surface area contributed by atoms with Crippen molar-refractivity contribution >= 4 is 23.4 Å². The normalized spacial score (nSPS) is 24.0. The number of fused-ring (bicyclic) bond motifs is 1. The molecule has 1 atom stereocenters. The summed E-state index contributed by atoms with van der Waals surface area (Å²) in [4.78, 5) is 37.9. The fourth-order valence-corrected chi connectivity index (χ4v) is 3.23. The summed E-state index contributed by atoms with van der Waals surface area (Å²) in [7, 11) is 0. The van der Waals surface area contributed by atoms with E-state index >= 15 is 0 Å². The van der Waals surface area contributed by atoms with E-state index in [2.05, 4.69) is 5.32 Å². The molecule has 5 nitrogen and oxygen atoms in total. The number of piperidine rings is 1. The van der Waals surface area contributed by atoms with Crippen molar-refractivity contribution < 1.29 is 14.4 Å². The summed E-state index contributed by atoms with van der Waals surface area (Å²) >= 11 is 0.